The summed E-state index contributed by atoms with van der Waals surface area (Å²) in [6.07, 6.45) is 1.69. The van der Waals surface area contributed by atoms with Crippen LogP contribution in [0.25, 0.3) is 0 Å². The van der Waals surface area contributed by atoms with Crippen molar-refractivity contribution in [1.29, 1.82) is 0 Å². The fourth-order valence-corrected chi connectivity index (χ4v) is 2.54. The van der Waals surface area contributed by atoms with Crippen molar-refractivity contribution < 1.29 is 23.5 Å². The number of hydrogen-bond donors (Lipinski definition) is 2. The van der Waals surface area contributed by atoms with Gasteiger partial charge in [0.05, 0.1) is 5.92 Å². The number of carbonyl (C=O) groups is 2. The molecule has 6 heteroatoms. The molecular weight excluding hydrogens is 340 g/mol. The van der Waals surface area contributed by atoms with Gasteiger partial charge in [0, 0.05) is 12.1 Å². The smallest absolute Gasteiger partial charge is 0.306 e. The lowest BCUT2D eigenvalue weighted by atomic mass is 10.0. The molecule has 0 radical (unpaired) electrons. The highest BCUT2D eigenvalue weighted by Gasteiger charge is 2.11. The van der Waals surface area contributed by atoms with E-state index in [0.29, 0.717) is 30.5 Å². The SMILES string of the molecule is CC(Cc1ccc(NC(=O)CCCc2ccc(F)c(F)c2)cc1)C(=O)O. The molecule has 0 aliphatic carbocycles. The summed E-state index contributed by atoms with van der Waals surface area (Å²) in [4.78, 5) is 22.8. The zero-order chi connectivity index (χ0) is 19.1. The highest BCUT2D eigenvalue weighted by atomic mass is 19.2. The second kappa shape index (κ2) is 9.08. The Morgan fingerprint density at radius 3 is 2.31 bits per heavy atom. The van der Waals surface area contributed by atoms with E-state index in [9.17, 15) is 18.4 Å². The van der Waals surface area contributed by atoms with Gasteiger partial charge in [-0.05, 0) is 54.7 Å². The lowest BCUT2D eigenvalue weighted by molar-refractivity contribution is -0.141. The van der Waals surface area contributed by atoms with Crippen LogP contribution >= 0.6 is 0 Å². The van der Waals surface area contributed by atoms with Gasteiger partial charge < -0.3 is 10.4 Å². The van der Waals surface area contributed by atoms with Gasteiger partial charge in [0.15, 0.2) is 11.6 Å². The van der Waals surface area contributed by atoms with Crippen LogP contribution in [0.1, 0.15) is 30.9 Å². The first-order chi connectivity index (χ1) is 12.3. The van der Waals surface area contributed by atoms with Crippen molar-refractivity contribution in [3.63, 3.8) is 0 Å². The fourth-order valence-electron chi connectivity index (χ4n) is 2.54. The van der Waals surface area contributed by atoms with Crippen molar-refractivity contribution in [2.24, 2.45) is 5.92 Å². The normalized spacial score (nSPS) is 11.8. The number of amides is 1. The Kier molecular flexibility index (Phi) is 6.83. The van der Waals surface area contributed by atoms with E-state index < -0.39 is 23.5 Å². The average Bonchev–Trinajstić information content (AvgIpc) is 2.59. The molecular formula is C20H21F2NO3. The largest absolute Gasteiger partial charge is 0.481 e. The van der Waals surface area contributed by atoms with Crippen molar-refractivity contribution in [2.75, 3.05) is 5.32 Å². The number of carbonyl (C=O) groups excluding carboxylic acids is 1. The molecule has 0 aliphatic heterocycles. The number of anilines is 1. The van der Waals surface area contributed by atoms with Gasteiger partial charge >= 0.3 is 5.97 Å². The number of hydrogen-bond acceptors (Lipinski definition) is 2. The van der Waals surface area contributed by atoms with Gasteiger partial charge in [-0.1, -0.05) is 25.1 Å². The van der Waals surface area contributed by atoms with Crippen molar-refractivity contribution in [2.45, 2.75) is 32.6 Å². The standard InChI is InChI=1S/C20H21F2NO3/c1-13(20(25)26)11-15-5-8-16(9-6-15)23-19(24)4-2-3-14-7-10-17(21)18(22)12-14/h5-10,12-13H,2-4,11H2,1H3,(H,23,24)(H,25,26). The molecule has 0 spiro atoms. The van der Waals surface area contributed by atoms with Gasteiger partial charge in [-0.2, -0.15) is 0 Å². The quantitative estimate of drug-likeness (QED) is 0.741. The molecule has 0 saturated heterocycles. The van der Waals surface area contributed by atoms with Gasteiger partial charge in [-0.3, -0.25) is 9.59 Å². The summed E-state index contributed by atoms with van der Waals surface area (Å²) in [5.74, 6) is -3.24. The molecule has 2 rings (SSSR count). The van der Waals surface area contributed by atoms with Gasteiger partial charge in [0.1, 0.15) is 0 Å². The maximum absolute atomic E-state index is 13.1. The summed E-state index contributed by atoms with van der Waals surface area (Å²) in [5, 5.41) is 11.7. The summed E-state index contributed by atoms with van der Waals surface area (Å²) in [6, 6.07) is 10.8. The molecule has 0 fully saturated rings. The van der Waals surface area contributed by atoms with Crippen LogP contribution in [-0.2, 0) is 22.4 Å². The highest BCUT2D eigenvalue weighted by Crippen LogP contribution is 2.15. The number of aliphatic carboxylic acids is 1. The number of aryl methyl sites for hydroxylation is 1. The van der Waals surface area contributed by atoms with Crippen LogP contribution < -0.4 is 5.32 Å². The lowest BCUT2D eigenvalue weighted by Crippen LogP contribution is -2.13. The molecule has 0 aliphatic rings. The summed E-state index contributed by atoms with van der Waals surface area (Å²) < 4.78 is 26.0. The molecule has 0 bridgehead atoms. The second-order valence-electron chi connectivity index (χ2n) is 6.29. The molecule has 4 nitrogen and oxygen atoms in total. The molecule has 0 saturated carbocycles. The minimum absolute atomic E-state index is 0.167. The molecule has 0 heterocycles. The number of halogens is 2. The highest BCUT2D eigenvalue weighted by molar-refractivity contribution is 5.90. The zero-order valence-corrected chi connectivity index (χ0v) is 14.5. The minimum atomic E-state index is -0.885. The Balaban J connectivity index is 1.78. The maximum atomic E-state index is 13.1. The zero-order valence-electron chi connectivity index (χ0n) is 14.5. The van der Waals surface area contributed by atoms with Gasteiger partial charge in [0.2, 0.25) is 5.91 Å². The van der Waals surface area contributed by atoms with E-state index in [1.54, 1.807) is 31.2 Å². The van der Waals surface area contributed by atoms with Crippen LogP contribution in [0.3, 0.4) is 0 Å². The van der Waals surface area contributed by atoms with Crippen molar-refractivity contribution in [1.82, 2.24) is 0 Å². The first-order valence-electron chi connectivity index (χ1n) is 8.40. The molecule has 2 aromatic carbocycles. The van der Waals surface area contributed by atoms with Crippen LogP contribution in [0.4, 0.5) is 14.5 Å². The average molecular weight is 361 g/mol. The topological polar surface area (TPSA) is 66.4 Å². The summed E-state index contributed by atoms with van der Waals surface area (Å²) in [5.41, 5.74) is 2.17. The van der Waals surface area contributed by atoms with Crippen LogP contribution in [0.15, 0.2) is 42.5 Å². The first-order valence-corrected chi connectivity index (χ1v) is 8.40. The molecule has 2 aromatic rings. The van der Waals surface area contributed by atoms with E-state index in [1.807, 2.05) is 0 Å². The molecule has 26 heavy (non-hydrogen) atoms. The van der Waals surface area contributed by atoms with E-state index in [4.69, 9.17) is 5.11 Å². The van der Waals surface area contributed by atoms with E-state index in [-0.39, 0.29) is 12.3 Å². The summed E-state index contributed by atoms with van der Waals surface area (Å²) in [6.45, 7) is 1.64. The predicted octanol–water partition coefficient (Wildman–Crippen LogP) is 4.19. The van der Waals surface area contributed by atoms with E-state index in [2.05, 4.69) is 5.32 Å². The Morgan fingerprint density at radius 1 is 1.04 bits per heavy atom. The van der Waals surface area contributed by atoms with Crippen LogP contribution in [-0.4, -0.2) is 17.0 Å². The van der Waals surface area contributed by atoms with E-state index >= 15 is 0 Å². The summed E-state index contributed by atoms with van der Waals surface area (Å²) in [7, 11) is 0. The van der Waals surface area contributed by atoms with Gasteiger partial charge in [-0.15, -0.1) is 0 Å². The fraction of sp³-hybridized carbons (Fsp3) is 0.300. The van der Waals surface area contributed by atoms with Crippen LogP contribution in [0, 0.1) is 17.6 Å². The third-order valence-corrected chi connectivity index (χ3v) is 4.05. The Bertz CT molecular complexity index is 775. The summed E-state index contributed by atoms with van der Waals surface area (Å²) >= 11 is 0. The van der Waals surface area contributed by atoms with Crippen molar-refractivity contribution >= 4 is 17.6 Å². The Labute approximate surface area is 150 Å². The third kappa shape index (κ3) is 5.95. The van der Waals surface area contributed by atoms with Crippen molar-refractivity contribution in [3.8, 4) is 0 Å². The molecule has 2 N–H and O–H groups in total. The number of benzene rings is 2. The number of carboxylic acids is 1. The number of carboxylic acid groups (broad SMARTS) is 1. The second-order valence-corrected chi connectivity index (χ2v) is 6.29. The number of nitrogens with one attached hydrogen (secondary N) is 1. The molecule has 1 unspecified atom stereocenters. The molecule has 1 amide bonds. The Hall–Kier alpha value is -2.76. The van der Waals surface area contributed by atoms with Gasteiger partial charge in [-0.25, -0.2) is 8.78 Å². The molecule has 0 aromatic heterocycles. The minimum Gasteiger partial charge on any atom is -0.481 e. The molecule has 1 atom stereocenters. The Morgan fingerprint density at radius 2 is 1.69 bits per heavy atom. The monoisotopic (exact) mass is 361 g/mol. The van der Waals surface area contributed by atoms with Crippen LogP contribution in [0.5, 0.6) is 0 Å². The predicted molar refractivity (Wildman–Crippen MR) is 94.9 cm³/mol. The third-order valence-electron chi connectivity index (χ3n) is 4.05. The first kappa shape index (κ1) is 19.6. The lowest BCUT2D eigenvalue weighted by Gasteiger charge is -2.09. The van der Waals surface area contributed by atoms with Crippen molar-refractivity contribution in [3.05, 3.63) is 65.2 Å². The maximum Gasteiger partial charge on any atom is 0.306 e. The van der Waals surface area contributed by atoms with E-state index in [0.717, 1.165) is 17.7 Å². The van der Waals surface area contributed by atoms with Gasteiger partial charge in [0.25, 0.3) is 0 Å². The molecule has 138 valence electrons. The van der Waals surface area contributed by atoms with E-state index in [1.165, 1.54) is 6.07 Å². The van der Waals surface area contributed by atoms with Crippen LogP contribution in [0.2, 0.25) is 0 Å². The number of rotatable bonds is 8.